The van der Waals surface area contributed by atoms with Gasteiger partial charge in [-0.15, -0.1) is 0 Å². The highest BCUT2D eigenvalue weighted by molar-refractivity contribution is 6.32. The predicted molar refractivity (Wildman–Crippen MR) is 159 cm³/mol. The van der Waals surface area contributed by atoms with E-state index in [1.807, 2.05) is 61.7 Å². The highest BCUT2D eigenvalue weighted by Crippen LogP contribution is 2.34. The lowest BCUT2D eigenvalue weighted by molar-refractivity contribution is -0.140. The second kappa shape index (κ2) is 13.9. The molecule has 0 bridgehead atoms. The lowest BCUT2D eigenvalue weighted by Crippen LogP contribution is -2.43. The molecule has 1 aromatic heterocycles. The van der Waals surface area contributed by atoms with Crippen molar-refractivity contribution in [2.45, 2.75) is 40.0 Å². The Morgan fingerprint density at radius 1 is 1.05 bits per heavy atom. The summed E-state index contributed by atoms with van der Waals surface area (Å²) in [6, 6.07) is 17.1. The van der Waals surface area contributed by atoms with Crippen LogP contribution >= 0.6 is 11.6 Å². The number of para-hydroxylation sites is 1. The van der Waals surface area contributed by atoms with Gasteiger partial charge in [0.15, 0.2) is 0 Å². The standard InChI is InChI=1S/C32H33ClN4O4/c1-4-6-17-41-29-14-13-23(19-28(29)33)30-24(21-37(35-30)25-11-8-7-9-12-25)18-26-22(3)27(20-34)32(39)36(31(26)38)15-10-16-40-5-2/h7-9,11-14,18-19,21H,4-6,10,15-17H2,1-3H3/b26-18+. The molecule has 0 radical (unpaired) electrons. The lowest BCUT2D eigenvalue weighted by atomic mass is 9.93. The largest absolute Gasteiger partial charge is 0.492 e. The van der Waals surface area contributed by atoms with E-state index < -0.39 is 11.8 Å². The van der Waals surface area contributed by atoms with Crippen molar-refractivity contribution in [2.75, 3.05) is 26.4 Å². The third-order valence-electron chi connectivity index (χ3n) is 6.72. The van der Waals surface area contributed by atoms with Gasteiger partial charge in [0, 0.05) is 42.7 Å². The topological polar surface area (TPSA) is 97.4 Å². The Morgan fingerprint density at radius 3 is 2.51 bits per heavy atom. The molecule has 41 heavy (non-hydrogen) atoms. The van der Waals surface area contributed by atoms with E-state index in [1.165, 1.54) is 0 Å². The number of nitrogens with zero attached hydrogens (tertiary/aromatic N) is 4. The van der Waals surface area contributed by atoms with E-state index in [0.717, 1.165) is 29.0 Å². The Labute approximate surface area is 245 Å². The minimum Gasteiger partial charge on any atom is -0.492 e. The Hall–Kier alpha value is -4.19. The van der Waals surface area contributed by atoms with Crippen LogP contribution in [0.3, 0.4) is 0 Å². The number of amides is 2. The summed E-state index contributed by atoms with van der Waals surface area (Å²) in [5, 5.41) is 15.1. The molecule has 1 aliphatic heterocycles. The summed E-state index contributed by atoms with van der Waals surface area (Å²) in [5.41, 5.74) is 3.32. The van der Waals surface area contributed by atoms with Crippen LogP contribution in [0.15, 0.2) is 71.4 Å². The first kappa shape index (κ1) is 29.8. The van der Waals surface area contributed by atoms with Crippen LogP contribution in [-0.2, 0) is 14.3 Å². The van der Waals surface area contributed by atoms with Crippen LogP contribution in [0.4, 0.5) is 0 Å². The molecule has 0 fully saturated rings. The Balaban J connectivity index is 1.80. The van der Waals surface area contributed by atoms with Crippen LogP contribution in [0.25, 0.3) is 23.0 Å². The van der Waals surface area contributed by atoms with Gasteiger partial charge in [-0.3, -0.25) is 14.5 Å². The van der Waals surface area contributed by atoms with Crippen LogP contribution in [0, 0.1) is 11.3 Å². The molecule has 0 aliphatic carbocycles. The average molecular weight is 573 g/mol. The summed E-state index contributed by atoms with van der Waals surface area (Å²) in [5.74, 6) is -0.458. The number of hydrogen-bond donors (Lipinski definition) is 0. The highest BCUT2D eigenvalue weighted by Gasteiger charge is 2.35. The van der Waals surface area contributed by atoms with Gasteiger partial charge in [0.25, 0.3) is 11.8 Å². The normalized spacial score (nSPS) is 14.6. The number of unbranched alkanes of at least 4 members (excludes halogenated alkanes) is 1. The molecule has 0 saturated carbocycles. The van der Waals surface area contributed by atoms with Crippen molar-refractivity contribution in [3.63, 3.8) is 0 Å². The first-order chi connectivity index (χ1) is 19.9. The van der Waals surface area contributed by atoms with Crippen molar-refractivity contribution >= 4 is 29.5 Å². The van der Waals surface area contributed by atoms with E-state index in [2.05, 4.69) is 6.92 Å². The molecule has 1 aliphatic rings. The first-order valence-electron chi connectivity index (χ1n) is 13.7. The molecular weight excluding hydrogens is 540 g/mol. The van der Waals surface area contributed by atoms with Gasteiger partial charge in [-0.1, -0.05) is 43.1 Å². The second-order valence-electron chi connectivity index (χ2n) is 9.54. The molecule has 3 aromatic rings. The molecule has 8 nitrogen and oxygen atoms in total. The maximum absolute atomic E-state index is 13.6. The van der Waals surface area contributed by atoms with E-state index >= 15 is 0 Å². The SMILES string of the molecule is CCCCOc1ccc(-c2nn(-c3ccccc3)cc2/C=C2/C(=O)N(CCCOCC)C(=O)C(C#N)=C2C)cc1Cl. The summed E-state index contributed by atoms with van der Waals surface area (Å²) < 4.78 is 12.9. The maximum atomic E-state index is 13.6. The van der Waals surface area contributed by atoms with Gasteiger partial charge in [0.1, 0.15) is 23.1 Å². The number of halogens is 1. The monoisotopic (exact) mass is 572 g/mol. The number of ether oxygens (including phenoxy) is 2. The molecule has 0 saturated heterocycles. The Morgan fingerprint density at radius 2 is 1.83 bits per heavy atom. The molecule has 212 valence electrons. The van der Waals surface area contributed by atoms with Crippen LogP contribution in [-0.4, -0.2) is 52.9 Å². The van der Waals surface area contributed by atoms with Crippen LogP contribution in [0.1, 0.15) is 45.6 Å². The Kier molecular flexibility index (Phi) is 10.1. The van der Waals surface area contributed by atoms with Gasteiger partial charge in [-0.05, 0) is 68.7 Å². The van der Waals surface area contributed by atoms with E-state index in [9.17, 15) is 14.9 Å². The third kappa shape index (κ3) is 6.76. The number of imide groups is 1. The lowest BCUT2D eigenvalue weighted by Gasteiger charge is -2.27. The number of benzene rings is 2. The second-order valence-corrected chi connectivity index (χ2v) is 9.95. The fraction of sp³-hybridized carbons (Fsp3) is 0.312. The minimum absolute atomic E-state index is 0.0547. The third-order valence-corrected chi connectivity index (χ3v) is 7.02. The number of nitriles is 1. The zero-order valence-corrected chi connectivity index (χ0v) is 24.3. The average Bonchev–Trinajstić information content (AvgIpc) is 3.40. The molecule has 0 unspecified atom stereocenters. The summed E-state index contributed by atoms with van der Waals surface area (Å²) in [6.07, 6.45) is 5.92. The summed E-state index contributed by atoms with van der Waals surface area (Å²) >= 11 is 6.59. The van der Waals surface area contributed by atoms with Crippen molar-refractivity contribution in [3.8, 4) is 28.8 Å². The number of rotatable bonds is 12. The van der Waals surface area contributed by atoms with Gasteiger partial charge in [0.2, 0.25) is 0 Å². The molecule has 2 aromatic carbocycles. The molecule has 4 rings (SSSR count). The summed E-state index contributed by atoms with van der Waals surface area (Å²) in [4.78, 5) is 27.7. The smallest absolute Gasteiger partial charge is 0.271 e. The fourth-order valence-electron chi connectivity index (χ4n) is 4.48. The van der Waals surface area contributed by atoms with E-state index in [0.29, 0.717) is 53.8 Å². The van der Waals surface area contributed by atoms with Crippen molar-refractivity contribution in [3.05, 3.63) is 82.0 Å². The zero-order valence-electron chi connectivity index (χ0n) is 23.5. The molecule has 2 amide bonds. The van der Waals surface area contributed by atoms with Gasteiger partial charge < -0.3 is 9.47 Å². The number of aromatic nitrogens is 2. The molecule has 2 heterocycles. The van der Waals surface area contributed by atoms with Gasteiger partial charge in [-0.25, -0.2) is 4.68 Å². The fourth-order valence-corrected chi connectivity index (χ4v) is 4.71. The molecule has 0 atom stereocenters. The van der Waals surface area contributed by atoms with Crippen LogP contribution in [0.5, 0.6) is 5.75 Å². The van der Waals surface area contributed by atoms with Gasteiger partial charge in [-0.2, -0.15) is 10.4 Å². The molecule has 0 spiro atoms. The van der Waals surface area contributed by atoms with Crippen molar-refractivity contribution in [2.24, 2.45) is 0 Å². The molecular formula is C32H33ClN4O4. The molecule has 9 heteroatoms. The van der Waals surface area contributed by atoms with E-state index in [4.69, 9.17) is 26.2 Å². The van der Waals surface area contributed by atoms with E-state index in [1.54, 1.807) is 23.7 Å². The quantitative estimate of drug-likeness (QED) is 0.142. The summed E-state index contributed by atoms with van der Waals surface area (Å²) in [7, 11) is 0. The summed E-state index contributed by atoms with van der Waals surface area (Å²) in [6.45, 7) is 7.27. The van der Waals surface area contributed by atoms with Crippen molar-refractivity contribution < 1.29 is 19.1 Å². The number of carbonyl (C=O) groups is 2. The number of hydrogen-bond acceptors (Lipinski definition) is 6. The minimum atomic E-state index is -0.589. The van der Waals surface area contributed by atoms with Gasteiger partial charge in [0.05, 0.1) is 17.3 Å². The highest BCUT2D eigenvalue weighted by atomic mass is 35.5. The van der Waals surface area contributed by atoms with Crippen molar-refractivity contribution in [1.29, 1.82) is 5.26 Å². The Bertz CT molecular complexity index is 1520. The van der Waals surface area contributed by atoms with Crippen LogP contribution < -0.4 is 4.74 Å². The van der Waals surface area contributed by atoms with E-state index in [-0.39, 0.29) is 17.7 Å². The van der Waals surface area contributed by atoms with Gasteiger partial charge >= 0.3 is 0 Å². The first-order valence-corrected chi connectivity index (χ1v) is 14.1. The van der Waals surface area contributed by atoms with Crippen LogP contribution in [0.2, 0.25) is 5.02 Å². The maximum Gasteiger partial charge on any atom is 0.271 e. The number of carbonyl (C=O) groups excluding carboxylic acids is 2. The molecule has 0 N–H and O–H groups in total. The van der Waals surface area contributed by atoms with Crippen molar-refractivity contribution in [1.82, 2.24) is 14.7 Å². The zero-order chi connectivity index (χ0) is 29.4. The predicted octanol–water partition coefficient (Wildman–Crippen LogP) is 6.39.